The number of halogens is 3. The lowest BCUT2D eigenvalue weighted by Crippen LogP contribution is -2.41. The predicted octanol–water partition coefficient (Wildman–Crippen LogP) is 3.86. The Morgan fingerprint density at radius 3 is 2.57 bits per heavy atom. The van der Waals surface area contributed by atoms with Crippen LogP contribution in [0.5, 0.6) is 0 Å². The van der Waals surface area contributed by atoms with E-state index in [1.54, 1.807) is 0 Å². The number of carbonyl (C=O) groups excluding carboxylic acids is 1. The van der Waals surface area contributed by atoms with Gasteiger partial charge in [0.25, 0.3) is 0 Å². The fourth-order valence-electron chi connectivity index (χ4n) is 2.82. The second-order valence-electron chi connectivity index (χ2n) is 5.66. The van der Waals surface area contributed by atoms with Crippen molar-refractivity contribution in [1.82, 2.24) is 5.32 Å². The Bertz CT molecular complexity index is 458. The average Bonchev–Trinajstić information content (AvgIpc) is 2.46. The van der Waals surface area contributed by atoms with Gasteiger partial charge in [-0.25, -0.2) is 0 Å². The summed E-state index contributed by atoms with van der Waals surface area (Å²) in [6.45, 7) is 0. The van der Waals surface area contributed by atoms with E-state index in [0.29, 0.717) is 25.7 Å². The average molecular weight is 299 g/mol. The second-order valence-corrected chi connectivity index (χ2v) is 5.66. The molecule has 1 aliphatic carbocycles. The minimum Gasteiger partial charge on any atom is -0.353 e. The van der Waals surface area contributed by atoms with Crippen LogP contribution in [0.15, 0.2) is 30.3 Å². The van der Waals surface area contributed by atoms with Gasteiger partial charge in [0.2, 0.25) is 5.91 Å². The number of carbonyl (C=O) groups is 1. The van der Waals surface area contributed by atoms with E-state index in [2.05, 4.69) is 5.32 Å². The van der Waals surface area contributed by atoms with Crippen molar-refractivity contribution in [2.45, 2.75) is 50.7 Å². The van der Waals surface area contributed by atoms with Gasteiger partial charge in [-0.15, -0.1) is 0 Å². The number of rotatable bonds is 4. The Labute approximate surface area is 122 Å². The maximum Gasteiger partial charge on any atom is 0.391 e. The molecule has 1 amide bonds. The molecule has 21 heavy (non-hydrogen) atoms. The maximum atomic E-state index is 12.7. The molecular formula is C16H20F3NO. The van der Waals surface area contributed by atoms with Crippen LogP contribution in [-0.2, 0) is 11.2 Å². The fourth-order valence-corrected chi connectivity index (χ4v) is 2.82. The molecule has 0 saturated heterocycles. The summed E-state index contributed by atoms with van der Waals surface area (Å²) in [5.41, 5.74) is 1.06. The zero-order valence-electron chi connectivity index (χ0n) is 11.8. The van der Waals surface area contributed by atoms with E-state index >= 15 is 0 Å². The number of hydrogen-bond acceptors (Lipinski definition) is 1. The van der Waals surface area contributed by atoms with E-state index in [0.717, 1.165) is 5.56 Å². The summed E-state index contributed by atoms with van der Waals surface area (Å²) in [4.78, 5) is 11.8. The van der Waals surface area contributed by atoms with Crippen LogP contribution in [0.1, 0.15) is 37.7 Å². The molecule has 5 heteroatoms. The molecule has 0 spiro atoms. The van der Waals surface area contributed by atoms with Crippen molar-refractivity contribution in [3.63, 3.8) is 0 Å². The van der Waals surface area contributed by atoms with Crippen molar-refractivity contribution in [3.05, 3.63) is 35.9 Å². The van der Waals surface area contributed by atoms with Gasteiger partial charge < -0.3 is 5.32 Å². The smallest absolute Gasteiger partial charge is 0.353 e. The maximum absolute atomic E-state index is 12.7. The molecule has 1 saturated carbocycles. The topological polar surface area (TPSA) is 29.1 Å². The summed E-state index contributed by atoms with van der Waals surface area (Å²) >= 11 is 0. The first kappa shape index (κ1) is 15.9. The second kappa shape index (κ2) is 6.96. The third kappa shape index (κ3) is 5.06. The molecule has 0 unspecified atom stereocenters. The molecule has 0 heterocycles. The van der Waals surface area contributed by atoms with E-state index in [9.17, 15) is 18.0 Å². The van der Waals surface area contributed by atoms with Crippen LogP contribution >= 0.6 is 0 Å². The Hall–Kier alpha value is -1.52. The molecule has 1 aliphatic rings. The van der Waals surface area contributed by atoms with E-state index < -0.39 is 12.1 Å². The van der Waals surface area contributed by atoms with Gasteiger partial charge in [-0.1, -0.05) is 36.8 Å². The first-order valence-corrected chi connectivity index (χ1v) is 7.35. The normalized spacial score (nSPS) is 22.8. The Morgan fingerprint density at radius 2 is 1.90 bits per heavy atom. The highest BCUT2D eigenvalue weighted by Gasteiger charge is 2.42. The van der Waals surface area contributed by atoms with Crippen LogP contribution in [0.4, 0.5) is 13.2 Å². The first-order valence-electron chi connectivity index (χ1n) is 7.35. The van der Waals surface area contributed by atoms with Gasteiger partial charge in [-0.3, -0.25) is 4.79 Å². The van der Waals surface area contributed by atoms with Crippen molar-refractivity contribution >= 4 is 5.91 Å². The highest BCUT2D eigenvalue weighted by molar-refractivity contribution is 5.76. The first-order chi connectivity index (χ1) is 9.95. The summed E-state index contributed by atoms with van der Waals surface area (Å²) in [5, 5.41) is 2.75. The lowest BCUT2D eigenvalue weighted by atomic mass is 9.85. The monoisotopic (exact) mass is 299 g/mol. The SMILES string of the molecule is O=C(CCc1ccccc1)N[C@@H]1CCC[C@@H](C(F)(F)F)C1. The summed E-state index contributed by atoms with van der Waals surface area (Å²) in [6, 6.07) is 9.25. The Balaban J connectivity index is 1.77. The van der Waals surface area contributed by atoms with Crippen LogP contribution in [0, 0.1) is 5.92 Å². The molecule has 2 atom stereocenters. The van der Waals surface area contributed by atoms with Crippen molar-refractivity contribution < 1.29 is 18.0 Å². The van der Waals surface area contributed by atoms with Crippen LogP contribution in [0.2, 0.25) is 0 Å². The van der Waals surface area contributed by atoms with Crippen LogP contribution < -0.4 is 5.32 Å². The summed E-state index contributed by atoms with van der Waals surface area (Å²) < 4.78 is 38.1. The molecular weight excluding hydrogens is 279 g/mol. The Morgan fingerprint density at radius 1 is 1.19 bits per heavy atom. The molecule has 1 aromatic carbocycles. The predicted molar refractivity (Wildman–Crippen MR) is 74.7 cm³/mol. The minimum atomic E-state index is -4.15. The molecule has 116 valence electrons. The fraction of sp³-hybridized carbons (Fsp3) is 0.562. The third-order valence-corrected chi connectivity index (χ3v) is 3.99. The summed E-state index contributed by atoms with van der Waals surface area (Å²) in [6.07, 6.45) is -1.86. The summed E-state index contributed by atoms with van der Waals surface area (Å²) in [7, 11) is 0. The number of benzene rings is 1. The largest absolute Gasteiger partial charge is 0.391 e. The van der Waals surface area contributed by atoms with Crippen molar-refractivity contribution in [3.8, 4) is 0 Å². The van der Waals surface area contributed by atoms with Crippen LogP contribution in [0.3, 0.4) is 0 Å². The molecule has 2 rings (SSSR count). The molecule has 0 aliphatic heterocycles. The summed E-state index contributed by atoms with van der Waals surface area (Å²) in [5.74, 6) is -1.43. The van der Waals surface area contributed by atoms with Gasteiger partial charge in [-0.2, -0.15) is 13.2 Å². The highest BCUT2D eigenvalue weighted by atomic mass is 19.4. The minimum absolute atomic E-state index is 0.0145. The standard InChI is InChI=1S/C16H20F3NO/c17-16(18,19)13-7-4-8-14(11-13)20-15(21)10-9-12-5-2-1-3-6-12/h1-3,5-6,13-14H,4,7-11H2,(H,20,21)/t13-,14-/m1/s1. The molecule has 2 nitrogen and oxygen atoms in total. The Kier molecular flexibility index (Phi) is 5.26. The quantitative estimate of drug-likeness (QED) is 0.899. The highest BCUT2D eigenvalue weighted by Crippen LogP contribution is 2.37. The van der Waals surface area contributed by atoms with Crippen molar-refractivity contribution in [2.24, 2.45) is 5.92 Å². The molecule has 0 aromatic heterocycles. The van der Waals surface area contributed by atoms with Gasteiger partial charge >= 0.3 is 6.18 Å². The third-order valence-electron chi connectivity index (χ3n) is 3.99. The van der Waals surface area contributed by atoms with Crippen LogP contribution in [-0.4, -0.2) is 18.1 Å². The zero-order valence-corrected chi connectivity index (χ0v) is 11.8. The van der Waals surface area contributed by atoms with Gasteiger partial charge in [0, 0.05) is 12.5 Å². The molecule has 1 fully saturated rings. The zero-order chi connectivity index (χ0) is 15.3. The van der Waals surface area contributed by atoms with E-state index in [1.807, 2.05) is 30.3 Å². The number of amides is 1. The van der Waals surface area contributed by atoms with Gasteiger partial charge in [0.05, 0.1) is 5.92 Å². The van der Waals surface area contributed by atoms with Crippen molar-refractivity contribution in [2.75, 3.05) is 0 Å². The van der Waals surface area contributed by atoms with Gasteiger partial charge in [0.1, 0.15) is 0 Å². The lowest BCUT2D eigenvalue weighted by molar-refractivity contribution is -0.184. The van der Waals surface area contributed by atoms with Crippen LogP contribution in [0.25, 0.3) is 0 Å². The van der Waals surface area contributed by atoms with E-state index in [4.69, 9.17) is 0 Å². The number of alkyl halides is 3. The van der Waals surface area contributed by atoms with Gasteiger partial charge in [-0.05, 0) is 31.2 Å². The number of aryl methyl sites for hydroxylation is 1. The van der Waals surface area contributed by atoms with Crippen molar-refractivity contribution in [1.29, 1.82) is 0 Å². The molecule has 1 N–H and O–H groups in total. The molecule has 1 aromatic rings. The van der Waals surface area contributed by atoms with E-state index in [1.165, 1.54) is 0 Å². The number of hydrogen-bond donors (Lipinski definition) is 1. The lowest BCUT2D eigenvalue weighted by Gasteiger charge is -2.31. The molecule has 0 radical (unpaired) electrons. The molecule has 0 bridgehead atoms. The van der Waals surface area contributed by atoms with Gasteiger partial charge in [0.15, 0.2) is 0 Å². The number of nitrogens with one attached hydrogen (secondary N) is 1. The van der Waals surface area contributed by atoms with E-state index in [-0.39, 0.29) is 24.8 Å².